The van der Waals surface area contributed by atoms with E-state index in [9.17, 15) is 10.5 Å². The molecule has 0 radical (unpaired) electrons. The van der Waals surface area contributed by atoms with E-state index >= 15 is 0 Å². The lowest BCUT2D eigenvalue weighted by molar-refractivity contribution is 1.23. The molecule has 0 fully saturated rings. The van der Waals surface area contributed by atoms with E-state index in [2.05, 4.69) is 57.3 Å². The van der Waals surface area contributed by atoms with Crippen LogP contribution in [0.25, 0.3) is 38.4 Å². The van der Waals surface area contributed by atoms with E-state index in [1.807, 2.05) is 42.5 Å². The number of aromatic nitrogens is 2. The Balaban J connectivity index is 1.69. The zero-order valence-corrected chi connectivity index (χ0v) is 18.6. The van der Waals surface area contributed by atoms with Gasteiger partial charge in [0.15, 0.2) is 0 Å². The molecular formula is C30H17N5. The Morgan fingerprint density at radius 1 is 0.629 bits per heavy atom. The summed E-state index contributed by atoms with van der Waals surface area (Å²) in [6.07, 6.45) is 8.83. The fraction of sp³-hybridized carbons (Fsp3) is 0. The first-order valence-electron chi connectivity index (χ1n) is 11.1. The van der Waals surface area contributed by atoms with Crippen molar-refractivity contribution in [3.8, 4) is 12.1 Å². The maximum Gasteiger partial charge on any atom is 0.130 e. The molecule has 0 unspecified atom stereocenters. The molecule has 2 aromatic heterocycles. The molecule has 5 nitrogen and oxygen atoms in total. The van der Waals surface area contributed by atoms with Crippen LogP contribution in [0.2, 0.25) is 0 Å². The number of hydrogen-bond acceptors (Lipinski definition) is 5. The van der Waals surface area contributed by atoms with Gasteiger partial charge in [0.1, 0.15) is 17.7 Å². The predicted octanol–water partition coefficient (Wildman–Crippen LogP) is 7.27. The van der Waals surface area contributed by atoms with Crippen molar-refractivity contribution in [3.05, 3.63) is 109 Å². The van der Waals surface area contributed by atoms with Crippen molar-refractivity contribution in [1.82, 2.24) is 9.97 Å². The molecule has 0 aliphatic carbocycles. The molecule has 0 atom stereocenters. The number of benzene rings is 4. The second-order valence-corrected chi connectivity index (χ2v) is 8.19. The summed E-state index contributed by atoms with van der Waals surface area (Å²) in [6, 6.07) is 28.7. The summed E-state index contributed by atoms with van der Waals surface area (Å²) >= 11 is 0. The van der Waals surface area contributed by atoms with Gasteiger partial charge in [-0.3, -0.25) is 9.97 Å². The van der Waals surface area contributed by atoms with E-state index < -0.39 is 0 Å². The van der Waals surface area contributed by atoms with Gasteiger partial charge in [0, 0.05) is 41.5 Å². The number of pyridine rings is 2. The molecule has 0 amide bonds. The Morgan fingerprint density at radius 3 is 1.74 bits per heavy atom. The molecule has 162 valence electrons. The maximum atomic E-state index is 9.29. The minimum atomic E-state index is 0.0854. The fourth-order valence-corrected chi connectivity index (χ4v) is 4.79. The smallest absolute Gasteiger partial charge is 0.130 e. The quantitative estimate of drug-likeness (QED) is 0.210. The van der Waals surface area contributed by atoms with E-state index in [0.29, 0.717) is 0 Å². The van der Waals surface area contributed by atoms with E-state index in [0.717, 1.165) is 54.9 Å². The number of anilines is 3. The van der Waals surface area contributed by atoms with Crippen molar-refractivity contribution >= 4 is 55.5 Å². The molecule has 0 saturated carbocycles. The summed E-state index contributed by atoms with van der Waals surface area (Å²) < 4.78 is 0. The summed E-state index contributed by atoms with van der Waals surface area (Å²) in [4.78, 5) is 10.6. The third kappa shape index (κ3) is 3.31. The molecule has 0 saturated heterocycles. The molecule has 6 rings (SSSR count). The zero-order chi connectivity index (χ0) is 23.8. The average Bonchev–Trinajstić information content (AvgIpc) is 2.93. The first-order valence-corrected chi connectivity index (χ1v) is 11.1. The largest absolute Gasteiger partial charge is 0.310 e. The standard InChI is InChI=1S/C30H17N5/c31-18-20(19-32)17-23-2-1-21-4-7-27-28(8-5-22-3-6-26(23)29(21)30(22)27)35(24-9-13-33-14-10-24)25-11-15-34-16-12-25/h1-17H. The van der Waals surface area contributed by atoms with Gasteiger partial charge in [0.05, 0.1) is 5.69 Å². The van der Waals surface area contributed by atoms with Crippen molar-refractivity contribution in [2.75, 3.05) is 4.90 Å². The Kier molecular flexibility index (Phi) is 4.80. The first kappa shape index (κ1) is 20.4. The van der Waals surface area contributed by atoms with E-state index in [-0.39, 0.29) is 5.57 Å². The minimum Gasteiger partial charge on any atom is -0.310 e. The van der Waals surface area contributed by atoms with Crippen LogP contribution < -0.4 is 4.90 Å². The van der Waals surface area contributed by atoms with E-state index in [4.69, 9.17) is 0 Å². The topological polar surface area (TPSA) is 76.6 Å². The maximum absolute atomic E-state index is 9.29. The Hall–Kier alpha value is -5.26. The molecule has 2 heterocycles. The van der Waals surface area contributed by atoms with Crippen molar-refractivity contribution in [1.29, 1.82) is 10.5 Å². The molecule has 0 aliphatic heterocycles. The first-order chi connectivity index (χ1) is 17.3. The summed E-state index contributed by atoms with van der Waals surface area (Å²) in [7, 11) is 0. The van der Waals surface area contributed by atoms with Gasteiger partial charge in [-0.2, -0.15) is 10.5 Å². The molecule has 35 heavy (non-hydrogen) atoms. The van der Waals surface area contributed by atoms with Crippen molar-refractivity contribution < 1.29 is 0 Å². The van der Waals surface area contributed by atoms with Crippen LogP contribution in [0.15, 0.2) is 103 Å². The highest BCUT2D eigenvalue weighted by Gasteiger charge is 2.18. The SMILES string of the molecule is N#CC(C#N)=Cc1ccc2ccc3c(N(c4ccncc4)c4ccncc4)ccc4ccc1c2c43. The molecule has 4 aromatic carbocycles. The lowest BCUT2D eigenvalue weighted by Crippen LogP contribution is -2.10. The van der Waals surface area contributed by atoms with Gasteiger partial charge < -0.3 is 4.90 Å². The monoisotopic (exact) mass is 447 g/mol. The number of nitriles is 2. The Morgan fingerprint density at radius 2 is 1.14 bits per heavy atom. The van der Waals surface area contributed by atoms with Crippen LogP contribution >= 0.6 is 0 Å². The minimum absolute atomic E-state index is 0.0854. The van der Waals surface area contributed by atoms with Gasteiger partial charge in [-0.1, -0.05) is 42.5 Å². The van der Waals surface area contributed by atoms with Crippen LogP contribution in [0.3, 0.4) is 0 Å². The summed E-state index contributed by atoms with van der Waals surface area (Å²) in [5.74, 6) is 0. The lowest BCUT2D eigenvalue weighted by atomic mass is 9.90. The number of nitrogens with zero attached hydrogens (tertiary/aromatic N) is 5. The second-order valence-electron chi connectivity index (χ2n) is 8.19. The molecule has 0 bridgehead atoms. The molecule has 0 spiro atoms. The third-order valence-corrected chi connectivity index (χ3v) is 6.30. The van der Waals surface area contributed by atoms with Crippen LogP contribution in [-0.2, 0) is 0 Å². The summed E-state index contributed by atoms with van der Waals surface area (Å²) in [5.41, 5.74) is 3.98. The highest BCUT2D eigenvalue weighted by molar-refractivity contribution is 6.26. The zero-order valence-electron chi connectivity index (χ0n) is 18.6. The highest BCUT2D eigenvalue weighted by atomic mass is 15.1. The Labute approximate surface area is 201 Å². The van der Waals surface area contributed by atoms with Crippen molar-refractivity contribution in [2.24, 2.45) is 0 Å². The molecule has 5 heteroatoms. The van der Waals surface area contributed by atoms with Crippen LogP contribution in [0.5, 0.6) is 0 Å². The van der Waals surface area contributed by atoms with Gasteiger partial charge in [0.25, 0.3) is 0 Å². The average molecular weight is 448 g/mol. The van der Waals surface area contributed by atoms with E-state index in [1.54, 1.807) is 30.9 Å². The highest BCUT2D eigenvalue weighted by Crippen LogP contribution is 2.44. The van der Waals surface area contributed by atoms with Crippen molar-refractivity contribution in [2.45, 2.75) is 0 Å². The van der Waals surface area contributed by atoms with Gasteiger partial charge in [-0.25, -0.2) is 0 Å². The molecule has 0 aliphatic rings. The number of hydrogen-bond donors (Lipinski definition) is 0. The van der Waals surface area contributed by atoms with Gasteiger partial charge in [-0.15, -0.1) is 0 Å². The van der Waals surface area contributed by atoms with Crippen LogP contribution in [0, 0.1) is 22.7 Å². The van der Waals surface area contributed by atoms with Crippen LogP contribution in [0.4, 0.5) is 17.1 Å². The Bertz CT molecular complexity index is 1750. The van der Waals surface area contributed by atoms with Crippen molar-refractivity contribution in [3.63, 3.8) is 0 Å². The molecular weight excluding hydrogens is 430 g/mol. The van der Waals surface area contributed by atoms with Crippen LogP contribution in [-0.4, -0.2) is 9.97 Å². The van der Waals surface area contributed by atoms with E-state index in [1.165, 1.54) is 0 Å². The molecule has 0 N–H and O–H groups in total. The van der Waals surface area contributed by atoms with Gasteiger partial charge in [-0.05, 0) is 68.9 Å². The lowest BCUT2D eigenvalue weighted by Gasteiger charge is -2.27. The summed E-state index contributed by atoms with van der Waals surface area (Å²) in [6.45, 7) is 0. The predicted molar refractivity (Wildman–Crippen MR) is 140 cm³/mol. The number of allylic oxidation sites excluding steroid dienone is 1. The second kappa shape index (κ2) is 8.26. The summed E-state index contributed by atoms with van der Waals surface area (Å²) in [5, 5.41) is 25.2. The third-order valence-electron chi connectivity index (χ3n) is 6.30. The number of rotatable bonds is 4. The van der Waals surface area contributed by atoms with Gasteiger partial charge >= 0.3 is 0 Å². The fourth-order valence-electron chi connectivity index (χ4n) is 4.79. The van der Waals surface area contributed by atoms with Gasteiger partial charge in [0.2, 0.25) is 0 Å². The normalized spacial score (nSPS) is 10.8. The molecule has 6 aromatic rings. The van der Waals surface area contributed by atoms with Crippen LogP contribution in [0.1, 0.15) is 5.56 Å².